The first kappa shape index (κ1) is 14.0. The zero-order chi connectivity index (χ0) is 13.8. The first-order valence-electron chi connectivity index (χ1n) is 6.01. The predicted molar refractivity (Wildman–Crippen MR) is 73.9 cm³/mol. The Labute approximate surface area is 118 Å². The number of aryl methyl sites for hydroxylation is 1. The second-order valence-electron chi connectivity index (χ2n) is 4.14. The highest BCUT2D eigenvalue weighted by Crippen LogP contribution is 2.24. The molecule has 19 heavy (non-hydrogen) atoms. The minimum Gasteiger partial charge on any atom is -0.375 e. The van der Waals surface area contributed by atoms with Gasteiger partial charge in [0.25, 0.3) is 0 Å². The van der Waals surface area contributed by atoms with Crippen LogP contribution in [-0.2, 0) is 13.1 Å². The van der Waals surface area contributed by atoms with Gasteiger partial charge in [-0.3, -0.25) is 4.68 Å². The normalized spacial score (nSPS) is 10.7. The minimum atomic E-state index is -0.617. The average Bonchev–Trinajstić information content (AvgIpc) is 2.76. The van der Waals surface area contributed by atoms with Crippen molar-refractivity contribution < 1.29 is 8.78 Å². The summed E-state index contributed by atoms with van der Waals surface area (Å²) in [5, 5.41) is 6.94. The summed E-state index contributed by atoms with van der Waals surface area (Å²) in [6.45, 7) is 3.16. The number of nitrogens with zero attached hydrogens (tertiary/aromatic N) is 2. The maximum absolute atomic E-state index is 13.6. The molecule has 1 aromatic heterocycles. The van der Waals surface area contributed by atoms with Gasteiger partial charge in [-0.15, -0.1) is 0 Å². The Morgan fingerprint density at radius 1 is 1.32 bits per heavy atom. The van der Waals surface area contributed by atoms with Gasteiger partial charge < -0.3 is 5.32 Å². The van der Waals surface area contributed by atoms with Gasteiger partial charge >= 0.3 is 0 Å². The number of hydrogen-bond acceptors (Lipinski definition) is 2. The van der Waals surface area contributed by atoms with Crippen LogP contribution in [0.25, 0.3) is 0 Å². The highest BCUT2D eigenvalue weighted by Gasteiger charge is 2.11. The summed E-state index contributed by atoms with van der Waals surface area (Å²) in [6, 6.07) is 4.29. The molecule has 0 saturated carbocycles. The van der Waals surface area contributed by atoms with Crippen molar-refractivity contribution in [2.24, 2.45) is 0 Å². The molecule has 102 valence electrons. The molecule has 0 aliphatic heterocycles. The fourth-order valence-corrected chi connectivity index (χ4v) is 2.22. The summed E-state index contributed by atoms with van der Waals surface area (Å²) in [4.78, 5) is 0. The lowest BCUT2D eigenvalue weighted by molar-refractivity contribution is 0.571. The number of nitrogens with one attached hydrogen (secondary N) is 1. The molecule has 0 fully saturated rings. The lowest BCUT2D eigenvalue weighted by atomic mass is 10.3. The fourth-order valence-electron chi connectivity index (χ4n) is 1.81. The minimum absolute atomic E-state index is 0.118. The highest BCUT2D eigenvalue weighted by molar-refractivity contribution is 9.10. The van der Waals surface area contributed by atoms with E-state index in [1.54, 1.807) is 6.20 Å². The standard InChI is InChI=1S/C13H14BrF2N3/c1-2-5-19-10(3-4-18-19)8-17-13-11(15)6-9(14)7-12(13)16/h3-4,6-7,17H,2,5,8H2,1H3. The van der Waals surface area contributed by atoms with Crippen LogP contribution in [0.3, 0.4) is 0 Å². The van der Waals surface area contributed by atoms with E-state index < -0.39 is 11.6 Å². The van der Waals surface area contributed by atoms with Crippen LogP contribution >= 0.6 is 15.9 Å². The summed E-state index contributed by atoms with van der Waals surface area (Å²) in [6.07, 6.45) is 2.64. The molecule has 0 aliphatic rings. The zero-order valence-electron chi connectivity index (χ0n) is 10.5. The van der Waals surface area contributed by atoms with Crippen molar-refractivity contribution in [3.63, 3.8) is 0 Å². The van der Waals surface area contributed by atoms with E-state index in [0.29, 0.717) is 11.0 Å². The maximum atomic E-state index is 13.6. The Balaban J connectivity index is 2.12. The molecule has 6 heteroatoms. The second-order valence-corrected chi connectivity index (χ2v) is 5.06. The third-order valence-corrected chi connectivity index (χ3v) is 3.15. The van der Waals surface area contributed by atoms with Crippen molar-refractivity contribution in [3.05, 3.63) is 46.2 Å². The number of aromatic nitrogens is 2. The van der Waals surface area contributed by atoms with Crippen LogP contribution in [0.4, 0.5) is 14.5 Å². The molecule has 1 aromatic carbocycles. The van der Waals surface area contributed by atoms with Crippen LogP contribution in [0.5, 0.6) is 0 Å². The molecular weight excluding hydrogens is 316 g/mol. The molecule has 2 aromatic rings. The monoisotopic (exact) mass is 329 g/mol. The Hall–Kier alpha value is -1.43. The third kappa shape index (κ3) is 3.32. The van der Waals surface area contributed by atoms with Gasteiger partial charge in [0.05, 0.1) is 12.2 Å². The maximum Gasteiger partial charge on any atom is 0.150 e. The van der Waals surface area contributed by atoms with Gasteiger partial charge in [0.15, 0.2) is 0 Å². The molecule has 0 bridgehead atoms. The van der Waals surface area contributed by atoms with Gasteiger partial charge in [0, 0.05) is 17.2 Å². The van der Waals surface area contributed by atoms with Gasteiger partial charge in [0.2, 0.25) is 0 Å². The van der Waals surface area contributed by atoms with E-state index in [4.69, 9.17) is 0 Å². The van der Waals surface area contributed by atoms with Crippen LogP contribution in [0.2, 0.25) is 0 Å². The molecule has 0 aliphatic carbocycles. The summed E-state index contributed by atoms with van der Waals surface area (Å²) >= 11 is 3.05. The molecule has 0 unspecified atom stereocenters. The van der Waals surface area contributed by atoms with Crippen LogP contribution in [0.15, 0.2) is 28.9 Å². The lowest BCUT2D eigenvalue weighted by Crippen LogP contribution is -2.10. The van der Waals surface area contributed by atoms with Gasteiger partial charge in [-0.2, -0.15) is 5.10 Å². The highest BCUT2D eigenvalue weighted by atomic mass is 79.9. The van der Waals surface area contributed by atoms with Crippen molar-refractivity contribution in [2.75, 3.05) is 5.32 Å². The molecule has 0 radical (unpaired) electrons. The first-order chi connectivity index (χ1) is 9.11. The number of hydrogen-bond donors (Lipinski definition) is 1. The smallest absolute Gasteiger partial charge is 0.150 e. The van der Waals surface area contributed by atoms with Crippen LogP contribution in [-0.4, -0.2) is 9.78 Å². The summed E-state index contributed by atoms with van der Waals surface area (Å²) in [5.41, 5.74) is 0.774. The Morgan fingerprint density at radius 3 is 2.63 bits per heavy atom. The summed E-state index contributed by atoms with van der Waals surface area (Å²) in [5.74, 6) is -1.23. The molecule has 0 atom stereocenters. The van der Waals surface area contributed by atoms with Crippen molar-refractivity contribution in [2.45, 2.75) is 26.4 Å². The van der Waals surface area contributed by atoms with E-state index in [2.05, 4.69) is 26.3 Å². The molecule has 2 rings (SSSR count). The first-order valence-corrected chi connectivity index (χ1v) is 6.80. The van der Waals surface area contributed by atoms with Crippen molar-refractivity contribution >= 4 is 21.6 Å². The lowest BCUT2D eigenvalue weighted by Gasteiger charge is -2.10. The van der Waals surface area contributed by atoms with Crippen molar-refractivity contribution in [3.8, 4) is 0 Å². The second kappa shape index (κ2) is 6.14. The van der Waals surface area contributed by atoms with E-state index in [9.17, 15) is 8.78 Å². The molecule has 0 amide bonds. The van der Waals surface area contributed by atoms with E-state index in [0.717, 1.165) is 18.7 Å². The zero-order valence-corrected chi connectivity index (χ0v) is 12.0. The van der Waals surface area contributed by atoms with E-state index in [1.165, 1.54) is 12.1 Å². The molecule has 0 saturated heterocycles. The van der Waals surface area contributed by atoms with Gasteiger partial charge in [-0.1, -0.05) is 22.9 Å². The number of anilines is 1. The molecule has 0 spiro atoms. The van der Waals surface area contributed by atoms with Crippen LogP contribution in [0, 0.1) is 11.6 Å². The summed E-state index contributed by atoms with van der Waals surface area (Å²) < 4.78 is 29.5. The van der Waals surface area contributed by atoms with Gasteiger partial charge in [-0.05, 0) is 24.6 Å². The number of benzene rings is 1. The van der Waals surface area contributed by atoms with E-state index >= 15 is 0 Å². The summed E-state index contributed by atoms with van der Waals surface area (Å²) in [7, 11) is 0. The van der Waals surface area contributed by atoms with Crippen molar-refractivity contribution in [1.82, 2.24) is 9.78 Å². The quantitative estimate of drug-likeness (QED) is 0.900. The average molecular weight is 330 g/mol. The van der Waals surface area contributed by atoms with E-state index in [1.807, 2.05) is 17.7 Å². The molecular formula is C13H14BrF2N3. The van der Waals surface area contributed by atoms with Gasteiger partial charge in [0.1, 0.15) is 17.3 Å². The Bertz CT molecular complexity index is 546. The molecule has 1 heterocycles. The predicted octanol–water partition coefficient (Wildman–Crippen LogP) is 3.95. The topological polar surface area (TPSA) is 29.9 Å². The van der Waals surface area contributed by atoms with Crippen molar-refractivity contribution in [1.29, 1.82) is 0 Å². The molecule has 3 nitrogen and oxygen atoms in total. The van der Waals surface area contributed by atoms with E-state index in [-0.39, 0.29) is 5.69 Å². The number of halogens is 3. The SMILES string of the molecule is CCCn1nccc1CNc1c(F)cc(Br)cc1F. The van der Waals surface area contributed by atoms with Gasteiger partial charge in [-0.25, -0.2) is 8.78 Å². The largest absolute Gasteiger partial charge is 0.375 e. The Morgan fingerprint density at radius 2 is 2.00 bits per heavy atom. The number of rotatable bonds is 5. The Kier molecular flexibility index (Phi) is 4.52. The van der Waals surface area contributed by atoms with Crippen LogP contribution in [0.1, 0.15) is 19.0 Å². The fraction of sp³-hybridized carbons (Fsp3) is 0.308. The third-order valence-electron chi connectivity index (χ3n) is 2.69. The molecule has 1 N–H and O–H groups in total. The van der Waals surface area contributed by atoms with Crippen LogP contribution < -0.4 is 5.32 Å².